The molecule has 1 aliphatic heterocycles. The summed E-state index contributed by atoms with van der Waals surface area (Å²) in [6.07, 6.45) is 0.474. The van der Waals surface area contributed by atoms with Gasteiger partial charge in [-0.3, -0.25) is 9.59 Å². The van der Waals surface area contributed by atoms with E-state index in [0.29, 0.717) is 22.9 Å². The molecule has 2 heterocycles. The minimum atomic E-state index is -0.262. The van der Waals surface area contributed by atoms with Crippen LogP contribution in [0.25, 0.3) is 0 Å². The van der Waals surface area contributed by atoms with E-state index >= 15 is 0 Å². The van der Waals surface area contributed by atoms with Crippen LogP contribution in [0.15, 0.2) is 64.6 Å². The van der Waals surface area contributed by atoms with Gasteiger partial charge in [0.1, 0.15) is 5.82 Å². The Bertz CT molecular complexity index is 1020. The molecule has 1 amide bonds. The lowest BCUT2D eigenvalue weighted by Crippen LogP contribution is -2.31. The van der Waals surface area contributed by atoms with E-state index in [1.807, 2.05) is 66.2 Å². The van der Waals surface area contributed by atoms with Crippen LogP contribution in [-0.4, -0.2) is 37.5 Å². The van der Waals surface area contributed by atoms with E-state index in [4.69, 9.17) is 0 Å². The molecule has 6 nitrogen and oxygen atoms in total. The summed E-state index contributed by atoms with van der Waals surface area (Å²) in [5, 5.41) is 11.8. The number of amides is 1. The SMILES string of the molecule is Cn1c(C[C@@H]2Sc3ccccc3NC2=O)nnc1SCC(=O)c1ccccc1. The zero-order valence-electron chi connectivity index (χ0n) is 15.2. The largest absolute Gasteiger partial charge is 0.324 e. The van der Waals surface area contributed by atoms with Crippen molar-refractivity contribution in [1.82, 2.24) is 14.8 Å². The third kappa shape index (κ3) is 3.98. The molecule has 1 aliphatic rings. The van der Waals surface area contributed by atoms with Crippen LogP contribution in [0.1, 0.15) is 16.2 Å². The van der Waals surface area contributed by atoms with Crippen LogP contribution in [0.5, 0.6) is 0 Å². The van der Waals surface area contributed by atoms with Gasteiger partial charge in [0.15, 0.2) is 10.9 Å². The van der Waals surface area contributed by atoms with Crippen LogP contribution in [0.3, 0.4) is 0 Å². The van der Waals surface area contributed by atoms with Gasteiger partial charge < -0.3 is 9.88 Å². The molecule has 0 spiro atoms. The number of nitrogens with zero attached hydrogens (tertiary/aromatic N) is 3. The van der Waals surface area contributed by atoms with Crippen LogP contribution < -0.4 is 5.32 Å². The molecule has 0 unspecified atom stereocenters. The second-order valence-corrected chi connectivity index (χ2v) is 8.52. The van der Waals surface area contributed by atoms with Crippen molar-refractivity contribution in [2.45, 2.75) is 21.7 Å². The number of thioether (sulfide) groups is 2. The molecule has 1 aromatic heterocycles. The topological polar surface area (TPSA) is 76.9 Å². The first-order valence-electron chi connectivity index (χ1n) is 8.77. The van der Waals surface area contributed by atoms with Crippen molar-refractivity contribution in [2.24, 2.45) is 7.05 Å². The van der Waals surface area contributed by atoms with Crippen LogP contribution in [0.4, 0.5) is 5.69 Å². The molecule has 0 aliphatic carbocycles. The lowest BCUT2D eigenvalue weighted by atomic mass is 10.2. The number of hydrogen-bond acceptors (Lipinski definition) is 6. The van der Waals surface area contributed by atoms with Gasteiger partial charge >= 0.3 is 0 Å². The zero-order chi connectivity index (χ0) is 19.5. The van der Waals surface area contributed by atoms with Gasteiger partial charge in [-0.15, -0.1) is 22.0 Å². The normalized spacial score (nSPS) is 15.8. The molecule has 28 heavy (non-hydrogen) atoms. The van der Waals surface area contributed by atoms with E-state index in [1.54, 1.807) is 0 Å². The summed E-state index contributed by atoms with van der Waals surface area (Å²) in [4.78, 5) is 25.7. The van der Waals surface area contributed by atoms with Gasteiger partial charge in [-0.05, 0) is 12.1 Å². The first-order chi connectivity index (χ1) is 13.6. The standard InChI is InChI=1S/C20H18N4O2S2/c1-24-18(11-17-19(26)21-14-9-5-6-10-16(14)28-17)22-23-20(24)27-12-15(25)13-7-3-2-4-8-13/h2-10,17H,11-12H2,1H3,(H,21,26)/t17-/m0/s1. The predicted octanol–water partition coefficient (Wildman–Crippen LogP) is 3.45. The van der Waals surface area contributed by atoms with Crippen LogP contribution in [0, 0.1) is 0 Å². The number of para-hydroxylation sites is 1. The van der Waals surface area contributed by atoms with E-state index < -0.39 is 0 Å². The molecular weight excluding hydrogens is 392 g/mol. The fourth-order valence-corrected chi connectivity index (χ4v) is 4.81. The Labute approximate surface area is 171 Å². The second-order valence-electron chi connectivity index (χ2n) is 6.33. The molecule has 3 aromatic rings. The van der Waals surface area contributed by atoms with Gasteiger partial charge in [0.05, 0.1) is 16.7 Å². The number of Topliss-reactive ketones (excluding diaryl/α,β-unsaturated/α-hetero) is 1. The monoisotopic (exact) mass is 410 g/mol. The minimum Gasteiger partial charge on any atom is -0.324 e. The highest BCUT2D eigenvalue weighted by Crippen LogP contribution is 2.36. The van der Waals surface area contributed by atoms with E-state index in [2.05, 4.69) is 15.5 Å². The van der Waals surface area contributed by atoms with Crippen molar-refractivity contribution < 1.29 is 9.59 Å². The van der Waals surface area contributed by atoms with Crippen molar-refractivity contribution in [3.05, 3.63) is 66.0 Å². The summed E-state index contributed by atoms with van der Waals surface area (Å²) in [5.74, 6) is 1.04. The average Bonchev–Trinajstić information content (AvgIpc) is 3.07. The van der Waals surface area contributed by atoms with Gasteiger partial charge in [0.2, 0.25) is 5.91 Å². The number of rotatable bonds is 6. The lowest BCUT2D eigenvalue weighted by Gasteiger charge is -2.23. The average molecular weight is 411 g/mol. The van der Waals surface area contributed by atoms with Crippen LogP contribution in [0.2, 0.25) is 0 Å². The smallest absolute Gasteiger partial charge is 0.238 e. The molecule has 0 fully saturated rings. The molecule has 8 heteroatoms. The highest BCUT2D eigenvalue weighted by atomic mass is 32.2. The van der Waals surface area contributed by atoms with Gasteiger partial charge in [0.25, 0.3) is 0 Å². The third-order valence-corrected chi connectivity index (χ3v) is 6.72. The minimum absolute atomic E-state index is 0.0276. The molecule has 1 atom stereocenters. The Balaban J connectivity index is 1.41. The fraction of sp³-hybridized carbons (Fsp3) is 0.200. The summed E-state index contributed by atoms with van der Waals surface area (Å²) >= 11 is 2.89. The highest BCUT2D eigenvalue weighted by Gasteiger charge is 2.28. The van der Waals surface area contributed by atoms with Crippen molar-refractivity contribution in [2.75, 3.05) is 11.1 Å². The van der Waals surface area contributed by atoms with Gasteiger partial charge in [-0.25, -0.2) is 0 Å². The van der Waals surface area contributed by atoms with Crippen molar-refractivity contribution in [3.8, 4) is 0 Å². The Kier molecular flexibility index (Phi) is 5.50. The number of ketones is 1. The zero-order valence-corrected chi connectivity index (χ0v) is 16.8. The Morgan fingerprint density at radius 1 is 1.14 bits per heavy atom. The van der Waals surface area contributed by atoms with E-state index in [9.17, 15) is 9.59 Å². The van der Waals surface area contributed by atoms with E-state index in [-0.39, 0.29) is 16.9 Å². The molecular formula is C20H18N4O2S2. The van der Waals surface area contributed by atoms with E-state index in [0.717, 1.165) is 16.4 Å². The van der Waals surface area contributed by atoms with Crippen LogP contribution >= 0.6 is 23.5 Å². The van der Waals surface area contributed by atoms with Gasteiger partial charge in [-0.1, -0.05) is 54.2 Å². The number of benzene rings is 2. The van der Waals surface area contributed by atoms with Gasteiger partial charge in [0, 0.05) is 23.9 Å². The summed E-state index contributed by atoms with van der Waals surface area (Å²) in [7, 11) is 1.87. The Morgan fingerprint density at radius 3 is 2.71 bits per heavy atom. The molecule has 0 bridgehead atoms. The number of carbonyl (C=O) groups excluding carboxylic acids is 2. The number of anilines is 1. The quantitative estimate of drug-likeness (QED) is 0.495. The third-order valence-electron chi connectivity index (χ3n) is 4.43. The molecule has 142 valence electrons. The molecule has 2 aromatic carbocycles. The maximum Gasteiger partial charge on any atom is 0.238 e. The van der Waals surface area contributed by atoms with Gasteiger partial charge in [-0.2, -0.15) is 0 Å². The summed E-state index contributed by atoms with van der Waals surface area (Å²) in [6, 6.07) is 17.0. The highest BCUT2D eigenvalue weighted by molar-refractivity contribution is 8.01. The molecule has 0 saturated carbocycles. The van der Waals surface area contributed by atoms with E-state index in [1.165, 1.54) is 23.5 Å². The number of nitrogens with one attached hydrogen (secondary N) is 1. The first-order valence-corrected chi connectivity index (χ1v) is 10.6. The second kappa shape index (κ2) is 8.20. The number of aromatic nitrogens is 3. The summed E-state index contributed by atoms with van der Waals surface area (Å²) in [6.45, 7) is 0. The van der Waals surface area contributed by atoms with Crippen LogP contribution in [-0.2, 0) is 18.3 Å². The summed E-state index contributed by atoms with van der Waals surface area (Å²) < 4.78 is 1.86. The predicted molar refractivity (Wildman–Crippen MR) is 111 cm³/mol. The molecule has 0 radical (unpaired) electrons. The summed E-state index contributed by atoms with van der Waals surface area (Å²) in [5.41, 5.74) is 1.54. The van der Waals surface area contributed by atoms with Crippen molar-refractivity contribution >= 4 is 40.9 Å². The lowest BCUT2D eigenvalue weighted by molar-refractivity contribution is -0.115. The number of fused-ring (bicyclic) bond motifs is 1. The first kappa shape index (κ1) is 18.8. The number of hydrogen-bond donors (Lipinski definition) is 1. The maximum atomic E-state index is 12.4. The van der Waals surface area contributed by atoms with Crippen molar-refractivity contribution in [3.63, 3.8) is 0 Å². The number of carbonyl (C=O) groups is 2. The molecule has 1 N–H and O–H groups in total. The molecule has 0 saturated heterocycles. The van der Waals surface area contributed by atoms with Crippen molar-refractivity contribution in [1.29, 1.82) is 0 Å². The Hall–Kier alpha value is -2.58. The maximum absolute atomic E-state index is 12.4. The Morgan fingerprint density at radius 2 is 1.89 bits per heavy atom. The fourth-order valence-electron chi connectivity index (χ4n) is 2.88. The molecule has 4 rings (SSSR count).